The molecule has 1 amide bonds. The van der Waals surface area contributed by atoms with Crippen LogP contribution in [0.25, 0.3) is 0 Å². The normalized spacial score (nSPS) is 15.1. The monoisotopic (exact) mass is 270 g/mol. The summed E-state index contributed by atoms with van der Waals surface area (Å²) in [6.45, 7) is 3.27. The Balaban J connectivity index is 2.02. The summed E-state index contributed by atoms with van der Waals surface area (Å²) in [4.78, 5) is 12.3. The lowest BCUT2D eigenvalue weighted by atomic mass is 10.0. The maximum atomic E-state index is 12.3. The second kappa shape index (κ2) is 6.58. The molecule has 0 saturated heterocycles. The number of amides is 1. The van der Waals surface area contributed by atoms with Crippen LogP contribution in [0.1, 0.15) is 48.5 Å². The van der Waals surface area contributed by atoms with E-state index >= 15 is 0 Å². The quantitative estimate of drug-likeness (QED) is 0.807. The van der Waals surface area contributed by atoms with E-state index in [2.05, 4.69) is 24.1 Å². The second-order valence-corrected chi connectivity index (χ2v) is 5.48. The molecule has 1 fully saturated rings. The first-order chi connectivity index (χ1) is 9.71. The minimum Gasteiger partial charge on any atom is -0.351 e. The Hall–Kier alpha value is -1.79. The largest absolute Gasteiger partial charge is 0.351 e. The Kier molecular flexibility index (Phi) is 4.81. The highest BCUT2D eigenvalue weighted by Gasteiger charge is 2.41. The van der Waals surface area contributed by atoms with Gasteiger partial charge in [0.25, 0.3) is 5.91 Å². The van der Waals surface area contributed by atoms with E-state index < -0.39 is 0 Å². The summed E-state index contributed by atoms with van der Waals surface area (Å²) in [5.41, 5.74) is 7.13. The summed E-state index contributed by atoms with van der Waals surface area (Å²) in [6.07, 6.45) is 4.84. The molecular formula is C17H22N2O. The maximum Gasteiger partial charge on any atom is 0.252 e. The predicted octanol–water partition coefficient (Wildman–Crippen LogP) is 2.31. The van der Waals surface area contributed by atoms with Crippen molar-refractivity contribution in [1.82, 2.24) is 5.32 Å². The van der Waals surface area contributed by atoms with Gasteiger partial charge in [-0.2, -0.15) is 0 Å². The highest BCUT2D eigenvalue weighted by Crippen LogP contribution is 2.48. The molecule has 20 heavy (non-hydrogen) atoms. The third-order valence-corrected chi connectivity index (χ3v) is 3.86. The number of hydrogen-bond donors (Lipinski definition) is 2. The number of rotatable bonds is 5. The molecule has 3 heteroatoms. The zero-order chi connectivity index (χ0) is 14.4. The van der Waals surface area contributed by atoms with Crippen molar-refractivity contribution in [3.8, 4) is 11.8 Å². The van der Waals surface area contributed by atoms with Crippen molar-refractivity contribution >= 4 is 5.91 Å². The molecule has 0 heterocycles. The van der Waals surface area contributed by atoms with Crippen LogP contribution in [-0.2, 0) is 0 Å². The average molecular weight is 270 g/mol. The fourth-order valence-electron chi connectivity index (χ4n) is 2.52. The van der Waals surface area contributed by atoms with E-state index in [9.17, 15) is 4.79 Å². The molecule has 0 unspecified atom stereocenters. The standard InChI is InChI=1S/C17H22N2O/c1-2-9-17(10-11-17)13-19-16(20)15-8-4-3-6-14(15)7-5-12-18/h3-4,6,8H,2,9-13,18H2,1H3,(H,19,20). The molecule has 0 spiro atoms. The van der Waals surface area contributed by atoms with Crippen molar-refractivity contribution in [3.05, 3.63) is 35.4 Å². The van der Waals surface area contributed by atoms with Crippen molar-refractivity contribution in [2.24, 2.45) is 11.1 Å². The lowest BCUT2D eigenvalue weighted by molar-refractivity contribution is 0.0943. The molecule has 3 N–H and O–H groups in total. The molecule has 1 aromatic carbocycles. The van der Waals surface area contributed by atoms with E-state index in [0.717, 1.165) is 12.1 Å². The molecule has 0 bridgehead atoms. The van der Waals surface area contributed by atoms with E-state index in [4.69, 9.17) is 5.73 Å². The van der Waals surface area contributed by atoms with Crippen LogP contribution in [0.2, 0.25) is 0 Å². The smallest absolute Gasteiger partial charge is 0.252 e. The van der Waals surface area contributed by atoms with Gasteiger partial charge < -0.3 is 11.1 Å². The Morgan fingerprint density at radius 2 is 2.15 bits per heavy atom. The van der Waals surface area contributed by atoms with Gasteiger partial charge in [-0.15, -0.1) is 0 Å². The molecule has 0 aliphatic heterocycles. The van der Waals surface area contributed by atoms with E-state index in [1.165, 1.54) is 25.7 Å². The molecule has 0 radical (unpaired) electrons. The fourth-order valence-corrected chi connectivity index (χ4v) is 2.52. The summed E-state index contributed by atoms with van der Waals surface area (Å²) < 4.78 is 0. The topological polar surface area (TPSA) is 55.1 Å². The van der Waals surface area contributed by atoms with Crippen molar-refractivity contribution in [2.45, 2.75) is 32.6 Å². The summed E-state index contributed by atoms with van der Waals surface area (Å²) in [5.74, 6) is 5.73. The van der Waals surface area contributed by atoms with Crippen LogP contribution in [0.4, 0.5) is 0 Å². The van der Waals surface area contributed by atoms with E-state index in [1.54, 1.807) is 0 Å². The van der Waals surface area contributed by atoms with Crippen LogP contribution in [0.3, 0.4) is 0 Å². The van der Waals surface area contributed by atoms with Crippen LogP contribution >= 0.6 is 0 Å². The lowest BCUT2D eigenvalue weighted by Crippen LogP contribution is -2.30. The third-order valence-electron chi connectivity index (χ3n) is 3.86. The Morgan fingerprint density at radius 3 is 2.80 bits per heavy atom. The Bertz CT molecular complexity index is 535. The lowest BCUT2D eigenvalue weighted by Gasteiger charge is -2.15. The van der Waals surface area contributed by atoms with Gasteiger partial charge in [0.15, 0.2) is 0 Å². The first-order valence-corrected chi connectivity index (χ1v) is 7.27. The minimum absolute atomic E-state index is 0.0331. The van der Waals surface area contributed by atoms with Gasteiger partial charge in [-0.25, -0.2) is 0 Å². The molecular weight excluding hydrogens is 248 g/mol. The van der Waals surface area contributed by atoms with Gasteiger partial charge in [-0.1, -0.05) is 37.3 Å². The summed E-state index contributed by atoms with van der Waals surface area (Å²) in [5, 5.41) is 3.07. The number of carbonyl (C=O) groups is 1. The molecule has 1 aromatic rings. The van der Waals surface area contributed by atoms with Gasteiger partial charge in [-0.3, -0.25) is 4.79 Å². The molecule has 0 aromatic heterocycles. The van der Waals surface area contributed by atoms with Crippen LogP contribution in [0.5, 0.6) is 0 Å². The predicted molar refractivity (Wildman–Crippen MR) is 81.3 cm³/mol. The SMILES string of the molecule is CCCC1(CNC(=O)c2ccccc2C#CCN)CC1. The zero-order valence-electron chi connectivity index (χ0n) is 12.0. The van der Waals surface area contributed by atoms with Crippen molar-refractivity contribution in [2.75, 3.05) is 13.1 Å². The van der Waals surface area contributed by atoms with Crippen molar-refractivity contribution < 1.29 is 4.79 Å². The molecule has 1 aliphatic rings. The maximum absolute atomic E-state index is 12.3. The van der Waals surface area contributed by atoms with E-state index in [-0.39, 0.29) is 5.91 Å². The number of nitrogens with two attached hydrogens (primary N) is 1. The average Bonchev–Trinajstić information content (AvgIpc) is 3.23. The van der Waals surface area contributed by atoms with Crippen LogP contribution in [-0.4, -0.2) is 19.0 Å². The Labute approximate surface area is 120 Å². The summed E-state index contributed by atoms with van der Waals surface area (Å²) >= 11 is 0. The van der Waals surface area contributed by atoms with Gasteiger partial charge >= 0.3 is 0 Å². The molecule has 1 aliphatic carbocycles. The van der Waals surface area contributed by atoms with Crippen molar-refractivity contribution in [1.29, 1.82) is 0 Å². The van der Waals surface area contributed by atoms with Crippen molar-refractivity contribution in [3.63, 3.8) is 0 Å². The first kappa shape index (κ1) is 14.6. The fraction of sp³-hybridized carbons (Fsp3) is 0.471. The van der Waals surface area contributed by atoms with Gasteiger partial charge in [0, 0.05) is 12.1 Å². The van der Waals surface area contributed by atoms with Gasteiger partial charge in [0.2, 0.25) is 0 Å². The molecule has 2 rings (SSSR count). The molecule has 106 valence electrons. The minimum atomic E-state index is -0.0331. The first-order valence-electron chi connectivity index (χ1n) is 7.27. The highest BCUT2D eigenvalue weighted by molar-refractivity contribution is 5.96. The van der Waals surface area contributed by atoms with Crippen LogP contribution < -0.4 is 11.1 Å². The van der Waals surface area contributed by atoms with Gasteiger partial charge in [0.1, 0.15) is 0 Å². The number of carbonyl (C=O) groups excluding carboxylic acids is 1. The van der Waals surface area contributed by atoms with E-state index in [1.807, 2.05) is 24.3 Å². The van der Waals surface area contributed by atoms with Gasteiger partial charge in [0.05, 0.1) is 12.1 Å². The molecule has 3 nitrogen and oxygen atoms in total. The zero-order valence-corrected chi connectivity index (χ0v) is 12.0. The summed E-state index contributed by atoms with van der Waals surface area (Å²) in [7, 11) is 0. The van der Waals surface area contributed by atoms with Crippen LogP contribution in [0.15, 0.2) is 24.3 Å². The van der Waals surface area contributed by atoms with Gasteiger partial charge in [-0.05, 0) is 36.8 Å². The summed E-state index contributed by atoms with van der Waals surface area (Å²) in [6, 6.07) is 7.42. The third kappa shape index (κ3) is 3.61. The number of hydrogen-bond acceptors (Lipinski definition) is 2. The van der Waals surface area contributed by atoms with E-state index in [0.29, 0.717) is 17.5 Å². The molecule has 1 saturated carbocycles. The Morgan fingerprint density at radius 1 is 1.40 bits per heavy atom. The molecule has 0 atom stereocenters. The second-order valence-electron chi connectivity index (χ2n) is 5.48. The van der Waals surface area contributed by atoms with Crippen LogP contribution in [0, 0.1) is 17.3 Å². The number of nitrogens with one attached hydrogen (secondary N) is 1. The highest BCUT2D eigenvalue weighted by atomic mass is 16.1. The number of benzene rings is 1.